The van der Waals surface area contributed by atoms with Gasteiger partial charge in [0.05, 0.1) is 6.10 Å². The van der Waals surface area contributed by atoms with Gasteiger partial charge >= 0.3 is 0 Å². The highest BCUT2D eigenvalue weighted by Crippen LogP contribution is 2.23. The first kappa shape index (κ1) is 12.7. The number of hydrogen-bond donors (Lipinski definition) is 1. The second kappa shape index (κ2) is 5.74. The third kappa shape index (κ3) is 3.14. The minimum atomic E-state index is -2.47. The van der Waals surface area contributed by atoms with Crippen LogP contribution in [0.5, 0.6) is 0 Å². The van der Waals surface area contributed by atoms with Crippen LogP contribution in [0.4, 0.5) is 8.78 Å². The molecule has 2 aromatic rings. The van der Waals surface area contributed by atoms with Gasteiger partial charge in [-0.15, -0.1) is 0 Å². The maximum absolute atomic E-state index is 12.4. The molecule has 0 aliphatic heterocycles. The molecule has 0 spiro atoms. The molecule has 0 amide bonds. The molecule has 1 N–H and O–H groups in total. The summed E-state index contributed by atoms with van der Waals surface area (Å²) in [5.74, 6) is 0. The number of aliphatic hydroxyl groups is 1. The van der Waals surface area contributed by atoms with Crippen molar-refractivity contribution < 1.29 is 13.9 Å². The maximum atomic E-state index is 12.4. The van der Waals surface area contributed by atoms with Crippen LogP contribution >= 0.6 is 0 Å². The van der Waals surface area contributed by atoms with Crippen LogP contribution in [0.2, 0.25) is 0 Å². The topological polar surface area (TPSA) is 20.2 Å². The van der Waals surface area contributed by atoms with Crippen molar-refractivity contribution in [3.05, 3.63) is 71.3 Å². The molecule has 0 saturated heterocycles. The van der Waals surface area contributed by atoms with Gasteiger partial charge in [0.25, 0.3) is 6.43 Å². The molecule has 0 aliphatic carbocycles. The van der Waals surface area contributed by atoms with Crippen LogP contribution in [-0.2, 0) is 6.42 Å². The van der Waals surface area contributed by atoms with Crippen LogP contribution in [0, 0.1) is 0 Å². The zero-order valence-corrected chi connectivity index (χ0v) is 9.76. The Kier molecular flexibility index (Phi) is 4.05. The molecule has 1 atom stereocenters. The first-order valence-electron chi connectivity index (χ1n) is 5.77. The number of hydrogen-bond acceptors (Lipinski definition) is 1. The van der Waals surface area contributed by atoms with Gasteiger partial charge in [-0.1, -0.05) is 54.6 Å². The van der Waals surface area contributed by atoms with E-state index in [0.717, 1.165) is 5.56 Å². The summed E-state index contributed by atoms with van der Waals surface area (Å²) in [5.41, 5.74) is 1.65. The van der Waals surface area contributed by atoms with Crippen molar-refractivity contribution in [2.45, 2.75) is 19.0 Å². The lowest BCUT2D eigenvalue weighted by atomic mass is 10.0. The highest BCUT2D eigenvalue weighted by Gasteiger charge is 2.11. The molecule has 0 saturated carbocycles. The third-order valence-corrected chi connectivity index (χ3v) is 2.85. The summed E-state index contributed by atoms with van der Waals surface area (Å²) in [4.78, 5) is 0. The summed E-state index contributed by atoms with van der Waals surface area (Å²) in [6.45, 7) is 0. The van der Waals surface area contributed by atoms with Gasteiger partial charge in [0, 0.05) is 12.0 Å². The van der Waals surface area contributed by atoms with Crippen LogP contribution in [0.15, 0.2) is 54.6 Å². The van der Waals surface area contributed by atoms with Crippen molar-refractivity contribution in [3.8, 4) is 0 Å². The molecule has 0 radical (unpaired) electrons. The number of aliphatic hydroxyl groups excluding tert-OH is 1. The molecular weight excluding hydrogens is 234 g/mol. The maximum Gasteiger partial charge on any atom is 0.263 e. The van der Waals surface area contributed by atoms with Crippen LogP contribution < -0.4 is 0 Å². The molecule has 94 valence electrons. The molecule has 2 aromatic carbocycles. The van der Waals surface area contributed by atoms with Gasteiger partial charge < -0.3 is 5.11 Å². The highest BCUT2D eigenvalue weighted by atomic mass is 19.3. The van der Waals surface area contributed by atoms with Crippen molar-refractivity contribution in [1.29, 1.82) is 0 Å². The van der Waals surface area contributed by atoms with Gasteiger partial charge in [0.2, 0.25) is 0 Å². The predicted octanol–water partition coefficient (Wildman–Crippen LogP) is 3.90. The van der Waals surface area contributed by atoms with E-state index in [0.29, 0.717) is 12.0 Å². The Morgan fingerprint density at radius 1 is 0.833 bits per heavy atom. The van der Waals surface area contributed by atoms with E-state index in [1.807, 2.05) is 30.3 Å². The van der Waals surface area contributed by atoms with E-state index >= 15 is 0 Å². The smallest absolute Gasteiger partial charge is 0.263 e. The average molecular weight is 248 g/mol. The second-order valence-electron chi connectivity index (χ2n) is 4.17. The first-order chi connectivity index (χ1) is 8.66. The van der Waals surface area contributed by atoms with Crippen LogP contribution in [0.3, 0.4) is 0 Å². The summed E-state index contributed by atoms with van der Waals surface area (Å²) < 4.78 is 24.8. The molecule has 1 nitrogen and oxygen atoms in total. The standard InChI is InChI=1S/C15H14F2O/c16-15(17)13-8-6-12(7-9-13)14(18)10-11-4-2-1-3-5-11/h1-9,14-15,18H,10H2. The van der Waals surface area contributed by atoms with E-state index in [1.54, 1.807) is 12.1 Å². The summed E-state index contributed by atoms with van der Waals surface area (Å²) in [5, 5.41) is 10.0. The van der Waals surface area contributed by atoms with Crippen LogP contribution in [-0.4, -0.2) is 5.11 Å². The van der Waals surface area contributed by atoms with E-state index in [-0.39, 0.29) is 5.56 Å². The van der Waals surface area contributed by atoms with Crippen LogP contribution in [0.1, 0.15) is 29.2 Å². The molecule has 0 heterocycles. The predicted molar refractivity (Wildman–Crippen MR) is 66.5 cm³/mol. The fourth-order valence-corrected chi connectivity index (χ4v) is 1.82. The first-order valence-corrected chi connectivity index (χ1v) is 5.77. The molecular formula is C15H14F2O. The summed E-state index contributed by atoms with van der Waals surface area (Å²) in [6.07, 6.45) is -2.65. The molecule has 0 fully saturated rings. The molecule has 0 aromatic heterocycles. The van der Waals surface area contributed by atoms with Crippen molar-refractivity contribution in [1.82, 2.24) is 0 Å². The Hall–Kier alpha value is -1.74. The second-order valence-corrected chi connectivity index (χ2v) is 4.17. The van der Waals surface area contributed by atoms with Crippen molar-refractivity contribution in [3.63, 3.8) is 0 Å². The Morgan fingerprint density at radius 3 is 1.94 bits per heavy atom. The monoisotopic (exact) mass is 248 g/mol. The van der Waals surface area contributed by atoms with E-state index in [2.05, 4.69) is 0 Å². The van der Waals surface area contributed by atoms with E-state index in [9.17, 15) is 13.9 Å². The van der Waals surface area contributed by atoms with Crippen LogP contribution in [0.25, 0.3) is 0 Å². The quantitative estimate of drug-likeness (QED) is 0.870. The van der Waals surface area contributed by atoms with Crippen molar-refractivity contribution in [2.75, 3.05) is 0 Å². The lowest BCUT2D eigenvalue weighted by Crippen LogP contribution is -2.01. The number of benzene rings is 2. The fraction of sp³-hybridized carbons (Fsp3) is 0.200. The summed E-state index contributed by atoms with van der Waals surface area (Å²) >= 11 is 0. The minimum Gasteiger partial charge on any atom is -0.388 e. The van der Waals surface area contributed by atoms with E-state index in [1.165, 1.54) is 12.1 Å². The Bertz CT molecular complexity index is 480. The molecule has 3 heteroatoms. The Balaban J connectivity index is 2.07. The van der Waals surface area contributed by atoms with E-state index < -0.39 is 12.5 Å². The number of alkyl halides is 2. The third-order valence-electron chi connectivity index (χ3n) is 2.85. The zero-order chi connectivity index (χ0) is 13.0. The molecule has 18 heavy (non-hydrogen) atoms. The van der Waals surface area contributed by atoms with Gasteiger partial charge in [0.15, 0.2) is 0 Å². The summed E-state index contributed by atoms with van der Waals surface area (Å²) in [7, 11) is 0. The zero-order valence-electron chi connectivity index (χ0n) is 9.76. The number of rotatable bonds is 4. The largest absolute Gasteiger partial charge is 0.388 e. The number of halogens is 2. The van der Waals surface area contributed by atoms with Crippen molar-refractivity contribution in [2.24, 2.45) is 0 Å². The normalized spacial score (nSPS) is 12.7. The van der Waals surface area contributed by atoms with Crippen molar-refractivity contribution >= 4 is 0 Å². The minimum absolute atomic E-state index is 0.0225. The molecule has 0 aliphatic rings. The fourth-order valence-electron chi connectivity index (χ4n) is 1.82. The molecule has 0 bridgehead atoms. The van der Waals surface area contributed by atoms with Gasteiger partial charge in [-0.3, -0.25) is 0 Å². The average Bonchev–Trinajstić information content (AvgIpc) is 2.40. The molecule has 1 unspecified atom stereocenters. The lowest BCUT2D eigenvalue weighted by Gasteiger charge is -2.11. The van der Waals surface area contributed by atoms with Gasteiger partial charge in [-0.05, 0) is 11.1 Å². The Morgan fingerprint density at radius 2 is 1.39 bits per heavy atom. The van der Waals surface area contributed by atoms with Gasteiger partial charge in [-0.2, -0.15) is 0 Å². The van der Waals surface area contributed by atoms with E-state index in [4.69, 9.17) is 0 Å². The lowest BCUT2D eigenvalue weighted by molar-refractivity contribution is 0.151. The van der Waals surface area contributed by atoms with Gasteiger partial charge in [0.1, 0.15) is 0 Å². The highest BCUT2D eigenvalue weighted by molar-refractivity contribution is 5.26. The SMILES string of the molecule is OC(Cc1ccccc1)c1ccc(C(F)F)cc1. The summed E-state index contributed by atoms with van der Waals surface area (Å²) in [6, 6.07) is 15.4. The van der Waals surface area contributed by atoms with Gasteiger partial charge in [-0.25, -0.2) is 8.78 Å². The molecule has 2 rings (SSSR count). The Labute approximate surface area is 105 Å².